The molecule has 0 radical (unpaired) electrons. The van der Waals surface area contributed by atoms with Crippen molar-refractivity contribution >= 4 is 5.91 Å². The second kappa shape index (κ2) is 5.80. The Morgan fingerprint density at radius 3 is 2.53 bits per heavy atom. The van der Waals surface area contributed by atoms with Crippen LogP contribution in [0.5, 0.6) is 0 Å². The summed E-state index contributed by atoms with van der Waals surface area (Å²) in [6.07, 6.45) is 1.85. The third-order valence-corrected chi connectivity index (χ3v) is 3.04. The molecule has 1 aliphatic rings. The third kappa shape index (κ3) is 3.28. The highest BCUT2D eigenvalue weighted by Gasteiger charge is 2.22. The molecule has 0 bridgehead atoms. The number of carbonyl (C=O) groups excluding carboxylic acids is 1. The quantitative estimate of drug-likeness (QED) is 0.816. The van der Waals surface area contributed by atoms with Crippen molar-refractivity contribution in [3.05, 3.63) is 35.9 Å². The minimum atomic E-state index is -0.403. The first-order chi connectivity index (χ1) is 8.27. The lowest BCUT2D eigenvalue weighted by molar-refractivity contribution is -0.120. The first-order valence-corrected chi connectivity index (χ1v) is 5.95. The Labute approximate surface area is 101 Å². The second-order valence-corrected chi connectivity index (χ2v) is 4.30. The van der Waals surface area contributed by atoms with Gasteiger partial charge in [0.25, 0.3) is 0 Å². The Morgan fingerprint density at radius 2 is 1.94 bits per heavy atom. The Hall–Kier alpha value is -1.39. The SMILES string of the molecule is NC(=O)[C@@H](NC1CCOCC1)c1ccccc1. The molecule has 0 aromatic heterocycles. The summed E-state index contributed by atoms with van der Waals surface area (Å²) in [6, 6.07) is 9.49. The summed E-state index contributed by atoms with van der Waals surface area (Å²) in [4.78, 5) is 11.5. The van der Waals surface area contributed by atoms with Gasteiger partial charge in [-0.05, 0) is 18.4 Å². The zero-order valence-electron chi connectivity index (χ0n) is 9.76. The maximum absolute atomic E-state index is 11.5. The highest BCUT2D eigenvalue weighted by Crippen LogP contribution is 2.16. The van der Waals surface area contributed by atoms with E-state index in [2.05, 4.69) is 5.32 Å². The Kier molecular flexibility index (Phi) is 4.12. The van der Waals surface area contributed by atoms with E-state index in [1.807, 2.05) is 30.3 Å². The van der Waals surface area contributed by atoms with Crippen molar-refractivity contribution in [2.24, 2.45) is 5.73 Å². The van der Waals surface area contributed by atoms with Crippen molar-refractivity contribution in [1.29, 1.82) is 0 Å². The van der Waals surface area contributed by atoms with E-state index >= 15 is 0 Å². The molecule has 17 heavy (non-hydrogen) atoms. The number of carbonyl (C=O) groups is 1. The molecule has 1 fully saturated rings. The van der Waals surface area contributed by atoms with Gasteiger partial charge in [-0.2, -0.15) is 0 Å². The van der Waals surface area contributed by atoms with E-state index < -0.39 is 6.04 Å². The van der Waals surface area contributed by atoms with E-state index in [0.717, 1.165) is 31.6 Å². The van der Waals surface area contributed by atoms with Crippen molar-refractivity contribution < 1.29 is 9.53 Å². The summed E-state index contributed by atoms with van der Waals surface area (Å²) in [5.41, 5.74) is 6.38. The molecule has 0 unspecified atom stereocenters. The van der Waals surface area contributed by atoms with Crippen LogP contribution in [0.2, 0.25) is 0 Å². The molecule has 1 saturated heterocycles. The molecular weight excluding hydrogens is 216 g/mol. The zero-order valence-corrected chi connectivity index (χ0v) is 9.76. The summed E-state index contributed by atoms with van der Waals surface area (Å²) in [5, 5.41) is 3.32. The molecule has 0 saturated carbocycles. The average molecular weight is 234 g/mol. The Morgan fingerprint density at radius 1 is 1.29 bits per heavy atom. The summed E-state index contributed by atoms with van der Waals surface area (Å²) >= 11 is 0. The lowest BCUT2D eigenvalue weighted by Crippen LogP contribution is -2.42. The monoisotopic (exact) mass is 234 g/mol. The first kappa shape index (κ1) is 12.1. The molecule has 92 valence electrons. The molecule has 1 amide bonds. The van der Waals surface area contributed by atoms with E-state index in [1.165, 1.54) is 0 Å². The predicted molar refractivity (Wildman–Crippen MR) is 65.4 cm³/mol. The number of amides is 1. The number of nitrogens with two attached hydrogens (primary N) is 1. The molecule has 0 aliphatic carbocycles. The first-order valence-electron chi connectivity index (χ1n) is 5.95. The highest BCUT2D eigenvalue weighted by atomic mass is 16.5. The number of hydrogen-bond donors (Lipinski definition) is 2. The molecule has 0 spiro atoms. The highest BCUT2D eigenvalue weighted by molar-refractivity contribution is 5.81. The summed E-state index contributed by atoms with van der Waals surface area (Å²) in [6.45, 7) is 1.50. The van der Waals surface area contributed by atoms with Gasteiger partial charge in [-0.1, -0.05) is 30.3 Å². The fourth-order valence-electron chi connectivity index (χ4n) is 2.09. The van der Waals surface area contributed by atoms with E-state index in [-0.39, 0.29) is 5.91 Å². The van der Waals surface area contributed by atoms with Gasteiger partial charge in [-0.15, -0.1) is 0 Å². The van der Waals surface area contributed by atoms with Crippen LogP contribution in [0.4, 0.5) is 0 Å². The van der Waals surface area contributed by atoms with Crippen LogP contribution in [0.15, 0.2) is 30.3 Å². The van der Waals surface area contributed by atoms with Crippen LogP contribution in [0, 0.1) is 0 Å². The van der Waals surface area contributed by atoms with Crippen molar-refractivity contribution in [1.82, 2.24) is 5.32 Å². The molecule has 1 atom stereocenters. The molecule has 3 N–H and O–H groups in total. The second-order valence-electron chi connectivity index (χ2n) is 4.30. The van der Waals surface area contributed by atoms with E-state index in [1.54, 1.807) is 0 Å². The lowest BCUT2D eigenvalue weighted by Gasteiger charge is -2.27. The number of benzene rings is 1. The number of nitrogens with one attached hydrogen (secondary N) is 1. The third-order valence-electron chi connectivity index (χ3n) is 3.04. The topological polar surface area (TPSA) is 64.4 Å². The van der Waals surface area contributed by atoms with E-state index in [0.29, 0.717) is 6.04 Å². The number of ether oxygens (including phenoxy) is 1. The standard InChI is InChI=1S/C13H18N2O2/c14-13(16)12(10-4-2-1-3-5-10)15-11-6-8-17-9-7-11/h1-5,11-12,15H,6-9H2,(H2,14,16)/t12-/m0/s1. The number of primary amides is 1. The van der Waals surface area contributed by atoms with Gasteiger partial charge in [0.1, 0.15) is 6.04 Å². The van der Waals surface area contributed by atoms with Crippen LogP contribution in [0.25, 0.3) is 0 Å². The van der Waals surface area contributed by atoms with Crippen molar-refractivity contribution in [3.63, 3.8) is 0 Å². The van der Waals surface area contributed by atoms with Gasteiger partial charge in [0, 0.05) is 19.3 Å². The molecule has 1 aliphatic heterocycles. The molecule has 4 nitrogen and oxygen atoms in total. The van der Waals surface area contributed by atoms with Gasteiger partial charge >= 0.3 is 0 Å². The molecule has 1 aromatic rings. The minimum absolute atomic E-state index is 0.307. The molecule has 1 heterocycles. The van der Waals surface area contributed by atoms with E-state index in [9.17, 15) is 4.79 Å². The van der Waals surface area contributed by atoms with Gasteiger partial charge in [-0.3, -0.25) is 10.1 Å². The molecule has 2 rings (SSSR count). The van der Waals surface area contributed by atoms with Gasteiger partial charge in [-0.25, -0.2) is 0 Å². The Bertz CT molecular complexity index is 361. The summed E-state index contributed by atoms with van der Waals surface area (Å²) in [7, 11) is 0. The smallest absolute Gasteiger partial charge is 0.239 e. The average Bonchev–Trinajstić information content (AvgIpc) is 2.38. The van der Waals surface area contributed by atoms with E-state index in [4.69, 9.17) is 10.5 Å². The maximum atomic E-state index is 11.5. The predicted octanol–water partition coefficient (Wildman–Crippen LogP) is 0.982. The van der Waals surface area contributed by atoms with Crippen LogP contribution in [0.3, 0.4) is 0 Å². The van der Waals surface area contributed by atoms with Crippen LogP contribution < -0.4 is 11.1 Å². The molecule has 1 aromatic carbocycles. The lowest BCUT2D eigenvalue weighted by atomic mass is 10.0. The van der Waals surface area contributed by atoms with Gasteiger partial charge in [0.2, 0.25) is 5.91 Å². The maximum Gasteiger partial charge on any atom is 0.239 e. The van der Waals surface area contributed by atoms with Crippen LogP contribution in [-0.4, -0.2) is 25.2 Å². The fraction of sp³-hybridized carbons (Fsp3) is 0.462. The Balaban J connectivity index is 2.05. The van der Waals surface area contributed by atoms with Crippen LogP contribution in [-0.2, 0) is 9.53 Å². The zero-order chi connectivity index (χ0) is 12.1. The van der Waals surface area contributed by atoms with Crippen LogP contribution >= 0.6 is 0 Å². The number of rotatable bonds is 4. The van der Waals surface area contributed by atoms with Crippen LogP contribution in [0.1, 0.15) is 24.4 Å². The van der Waals surface area contributed by atoms with Gasteiger partial charge < -0.3 is 10.5 Å². The van der Waals surface area contributed by atoms with Gasteiger partial charge in [0.15, 0.2) is 0 Å². The molecule has 4 heteroatoms. The van der Waals surface area contributed by atoms with Crippen molar-refractivity contribution in [2.45, 2.75) is 24.9 Å². The summed E-state index contributed by atoms with van der Waals surface area (Å²) < 4.78 is 5.29. The van der Waals surface area contributed by atoms with Crippen molar-refractivity contribution in [2.75, 3.05) is 13.2 Å². The normalized spacial score (nSPS) is 18.8. The van der Waals surface area contributed by atoms with Gasteiger partial charge in [0.05, 0.1) is 0 Å². The van der Waals surface area contributed by atoms with Crippen molar-refractivity contribution in [3.8, 4) is 0 Å². The molecular formula is C13H18N2O2. The largest absolute Gasteiger partial charge is 0.381 e. The summed E-state index contributed by atoms with van der Waals surface area (Å²) in [5.74, 6) is -0.331. The minimum Gasteiger partial charge on any atom is -0.381 e. The fourth-order valence-corrected chi connectivity index (χ4v) is 2.09. The number of hydrogen-bond acceptors (Lipinski definition) is 3.